The molecular weight excluding hydrogens is 202 g/mol. The molecule has 3 nitrogen and oxygen atoms in total. The molecule has 1 aromatic carbocycles. The quantitative estimate of drug-likeness (QED) is 0.763. The van der Waals surface area contributed by atoms with Gasteiger partial charge in [-0.15, -0.1) is 0 Å². The van der Waals surface area contributed by atoms with E-state index in [2.05, 4.69) is 32.2 Å². The van der Waals surface area contributed by atoms with Gasteiger partial charge in [-0.2, -0.15) is 0 Å². The lowest BCUT2D eigenvalue weighted by atomic mass is 9.85. The van der Waals surface area contributed by atoms with E-state index in [0.29, 0.717) is 6.54 Å². The van der Waals surface area contributed by atoms with E-state index in [-0.39, 0.29) is 5.41 Å². The highest BCUT2D eigenvalue weighted by molar-refractivity contribution is 5.82. The molecule has 1 atom stereocenters. The van der Waals surface area contributed by atoms with Crippen LogP contribution in [0.25, 0.3) is 0 Å². The molecule has 1 aromatic rings. The van der Waals surface area contributed by atoms with Gasteiger partial charge in [-0.1, -0.05) is 32.9 Å². The number of aliphatic carboxylic acids is 1. The number of hydrogen-bond donors (Lipinski definition) is 2. The van der Waals surface area contributed by atoms with E-state index < -0.39 is 11.9 Å². The summed E-state index contributed by atoms with van der Waals surface area (Å²) in [4.78, 5) is 11.1. The summed E-state index contributed by atoms with van der Waals surface area (Å²) >= 11 is 0. The Balaban J connectivity index is 2.45. The van der Waals surface area contributed by atoms with E-state index >= 15 is 0 Å². The highest BCUT2D eigenvalue weighted by Gasteiger charge is 2.29. The molecule has 0 amide bonds. The zero-order chi connectivity index (χ0) is 11.9. The molecule has 3 heteroatoms. The molecule has 0 aliphatic carbocycles. The Labute approximate surface area is 95.5 Å². The predicted octanol–water partition coefficient (Wildman–Crippen LogP) is 2.58. The van der Waals surface area contributed by atoms with Crippen molar-refractivity contribution >= 4 is 11.7 Å². The molecule has 16 heavy (non-hydrogen) atoms. The molecule has 0 radical (unpaired) electrons. The summed E-state index contributed by atoms with van der Waals surface area (Å²) < 4.78 is 0. The molecule has 0 spiro atoms. The van der Waals surface area contributed by atoms with Crippen molar-refractivity contribution in [3.8, 4) is 0 Å². The lowest BCUT2D eigenvalue weighted by molar-refractivity contribution is -0.138. The second-order valence-electron chi connectivity index (χ2n) is 5.32. The van der Waals surface area contributed by atoms with Crippen molar-refractivity contribution in [1.29, 1.82) is 0 Å². The molecule has 2 rings (SSSR count). The second-order valence-corrected chi connectivity index (χ2v) is 5.32. The first kappa shape index (κ1) is 11.0. The topological polar surface area (TPSA) is 49.3 Å². The number of benzene rings is 1. The molecule has 86 valence electrons. The molecule has 0 bridgehead atoms. The van der Waals surface area contributed by atoms with Crippen molar-refractivity contribution in [3.63, 3.8) is 0 Å². The minimum absolute atomic E-state index is 0.0562. The van der Waals surface area contributed by atoms with E-state index in [0.717, 1.165) is 11.3 Å². The number of carboxylic acid groups (broad SMARTS) is 1. The van der Waals surface area contributed by atoms with Gasteiger partial charge < -0.3 is 10.4 Å². The minimum Gasteiger partial charge on any atom is -0.481 e. The van der Waals surface area contributed by atoms with Crippen LogP contribution in [0.2, 0.25) is 0 Å². The Morgan fingerprint density at radius 3 is 2.69 bits per heavy atom. The lowest BCUT2D eigenvalue weighted by Crippen LogP contribution is -2.15. The number of hydrogen-bond acceptors (Lipinski definition) is 2. The third kappa shape index (κ3) is 1.77. The largest absolute Gasteiger partial charge is 0.481 e. The van der Waals surface area contributed by atoms with Gasteiger partial charge in [0.25, 0.3) is 0 Å². The maximum absolute atomic E-state index is 11.1. The number of rotatable bonds is 1. The summed E-state index contributed by atoms with van der Waals surface area (Å²) in [6.45, 7) is 6.89. The molecule has 1 aliphatic heterocycles. The summed E-state index contributed by atoms with van der Waals surface area (Å²) in [5, 5.41) is 12.2. The van der Waals surface area contributed by atoms with E-state index in [1.165, 1.54) is 5.56 Å². The Kier molecular flexibility index (Phi) is 2.41. The smallest absolute Gasteiger partial charge is 0.312 e. The van der Waals surface area contributed by atoms with Crippen molar-refractivity contribution in [1.82, 2.24) is 0 Å². The van der Waals surface area contributed by atoms with E-state index in [9.17, 15) is 4.79 Å². The van der Waals surface area contributed by atoms with Crippen molar-refractivity contribution in [2.75, 3.05) is 11.9 Å². The number of carbonyl (C=O) groups is 1. The highest BCUT2D eigenvalue weighted by atomic mass is 16.4. The first-order valence-electron chi connectivity index (χ1n) is 5.50. The van der Waals surface area contributed by atoms with Gasteiger partial charge in [0.2, 0.25) is 0 Å². The van der Waals surface area contributed by atoms with Crippen LogP contribution in [0.3, 0.4) is 0 Å². The van der Waals surface area contributed by atoms with Crippen molar-refractivity contribution in [2.24, 2.45) is 0 Å². The maximum Gasteiger partial charge on any atom is 0.312 e. The first-order chi connectivity index (χ1) is 7.39. The van der Waals surface area contributed by atoms with Crippen molar-refractivity contribution in [2.45, 2.75) is 32.1 Å². The standard InChI is InChI=1S/C13H17NO2/c1-13(2,3)8-4-5-11-9(6-8)10(7-14-11)12(15)16/h4-6,10,14H,7H2,1-3H3,(H,15,16). The van der Waals surface area contributed by atoms with Gasteiger partial charge in [-0.05, 0) is 22.6 Å². The Morgan fingerprint density at radius 2 is 2.12 bits per heavy atom. The summed E-state index contributed by atoms with van der Waals surface area (Å²) in [5.41, 5.74) is 3.11. The van der Waals surface area contributed by atoms with Crippen molar-refractivity contribution in [3.05, 3.63) is 29.3 Å². The summed E-state index contributed by atoms with van der Waals surface area (Å²) in [6.07, 6.45) is 0. The summed E-state index contributed by atoms with van der Waals surface area (Å²) in [7, 11) is 0. The normalized spacial score (nSPS) is 19.1. The average molecular weight is 219 g/mol. The molecule has 1 heterocycles. The van der Waals surface area contributed by atoms with Gasteiger partial charge in [-0.25, -0.2) is 0 Å². The molecule has 0 fully saturated rings. The number of fused-ring (bicyclic) bond motifs is 1. The van der Waals surface area contributed by atoms with Gasteiger partial charge in [0.1, 0.15) is 5.92 Å². The van der Waals surface area contributed by atoms with Crippen LogP contribution in [0.4, 0.5) is 5.69 Å². The zero-order valence-electron chi connectivity index (χ0n) is 9.87. The SMILES string of the molecule is CC(C)(C)c1ccc2c(c1)C(C(=O)O)CN2. The number of nitrogens with one attached hydrogen (secondary N) is 1. The fourth-order valence-electron chi connectivity index (χ4n) is 2.02. The van der Waals surface area contributed by atoms with Gasteiger partial charge in [0.15, 0.2) is 0 Å². The Bertz CT molecular complexity index is 432. The Morgan fingerprint density at radius 1 is 1.44 bits per heavy atom. The zero-order valence-corrected chi connectivity index (χ0v) is 9.87. The highest BCUT2D eigenvalue weighted by Crippen LogP contribution is 2.35. The minimum atomic E-state index is -0.752. The van der Waals surface area contributed by atoms with Crippen LogP contribution in [-0.2, 0) is 10.2 Å². The van der Waals surface area contributed by atoms with Gasteiger partial charge in [0, 0.05) is 12.2 Å². The molecule has 1 aliphatic rings. The van der Waals surface area contributed by atoms with Crippen LogP contribution in [-0.4, -0.2) is 17.6 Å². The fraction of sp³-hybridized carbons (Fsp3) is 0.462. The van der Waals surface area contributed by atoms with Crippen LogP contribution in [0.5, 0.6) is 0 Å². The van der Waals surface area contributed by atoms with Gasteiger partial charge >= 0.3 is 5.97 Å². The van der Waals surface area contributed by atoms with E-state index in [1.807, 2.05) is 12.1 Å². The van der Waals surface area contributed by atoms with Gasteiger partial charge in [-0.3, -0.25) is 4.79 Å². The van der Waals surface area contributed by atoms with E-state index in [4.69, 9.17) is 5.11 Å². The molecule has 1 unspecified atom stereocenters. The average Bonchev–Trinajstić information content (AvgIpc) is 2.58. The summed E-state index contributed by atoms with van der Waals surface area (Å²) in [6, 6.07) is 6.07. The van der Waals surface area contributed by atoms with E-state index in [1.54, 1.807) is 0 Å². The molecular formula is C13H17NO2. The fourth-order valence-corrected chi connectivity index (χ4v) is 2.02. The molecule has 0 saturated heterocycles. The van der Waals surface area contributed by atoms with Crippen LogP contribution in [0, 0.1) is 0 Å². The maximum atomic E-state index is 11.1. The number of carboxylic acids is 1. The number of anilines is 1. The molecule has 0 saturated carbocycles. The third-order valence-corrected chi connectivity index (χ3v) is 3.09. The molecule has 2 N–H and O–H groups in total. The van der Waals surface area contributed by atoms with Crippen LogP contribution in [0.15, 0.2) is 18.2 Å². The van der Waals surface area contributed by atoms with Crippen molar-refractivity contribution < 1.29 is 9.90 Å². The van der Waals surface area contributed by atoms with Crippen LogP contribution >= 0.6 is 0 Å². The van der Waals surface area contributed by atoms with Gasteiger partial charge in [0.05, 0.1) is 0 Å². The molecule has 0 aromatic heterocycles. The monoisotopic (exact) mass is 219 g/mol. The second kappa shape index (κ2) is 3.51. The predicted molar refractivity (Wildman–Crippen MR) is 64.0 cm³/mol. The first-order valence-corrected chi connectivity index (χ1v) is 5.50. The Hall–Kier alpha value is -1.51. The third-order valence-electron chi connectivity index (χ3n) is 3.09. The summed E-state index contributed by atoms with van der Waals surface area (Å²) in [5.74, 6) is -1.16. The van der Waals surface area contributed by atoms with Crippen LogP contribution < -0.4 is 5.32 Å². The lowest BCUT2D eigenvalue weighted by Gasteiger charge is -2.20. The van der Waals surface area contributed by atoms with Crippen LogP contribution in [0.1, 0.15) is 37.8 Å².